The van der Waals surface area contributed by atoms with Gasteiger partial charge in [-0.15, -0.1) is 0 Å². The maximum Gasteiger partial charge on any atom is 0.311 e. The van der Waals surface area contributed by atoms with Crippen molar-refractivity contribution < 1.29 is 18.1 Å². The van der Waals surface area contributed by atoms with Crippen LogP contribution in [0.3, 0.4) is 0 Å². The number of aliphatic hydroxyl groups excluding tert-OH is 1. The number of unbranched alkanes of at least 4 members (excludes halogenated alkanes) is 1. The summed E-state index contributed by atoms with van der Waals surface area (Å²) < 4.78 is 18.4. The first kappa shape index (κ1) is 29.3. The summed E-state index contributed by atoms with van der Waals surface area (Å²) in [6.07, 6.45) is 3.49. The second-order valence-electron chi connectivity index (χ2n) is 7.67. The summed E-state index contributed by atoms with van der Waals surface area (Å²) in [6.45, 7) is 17.1. The lowest BCUT2D eigenvalue weighted by Crippen LogP contribution is -2.52. The summed E-state index contributed by atoms with van der Waals surface area (Å²) in [5.74, 6) is 0. The molecule has 0 aliphatic rings. The van der Waals surface area contributed by atoms with Crippen molar-refractivity contribution in [2.24, 2.45) is 0 Å². The molecule has 0 aromatic rings. The highest BCUT2D eigenvalue weighted by Gasteiger charge is 2.39. The molecule has 0 atom stereocenters. The molecule has 0 aliphatic carbocycles. The van der Waals surface area contributed by atoms with E-state index in [4.69, 9.17) is 18.1 Å². The molecule has 1 N–H and O–H groups in total. The Kier molecular flexibility index (Phi) is 16.7. The van der Waals surface area contributed by atoms with Crippen LogP contribution in [-0.4, -0.2) is 50.1 Å². The van der Waals surface area contributed by atoms with Gasteiger partial charge >= 0.3 is 8.56 Å². The Balaban J connectivity index is -0.00000220. The van der Waals surface area contributed by atoms with Gasteiger partial charge in [0.2, 0.25) is 0 Å². The van der Waals surface area contributed by atoms with Crippen molar-refractivity contribution in [1.29, 1.82) is 0 Å². The maximum absolute atomic E-state index is 8.70. The molecule has 150 valence electrons. The largest absolute Gasteiger partial charge is 0.437 e. The molecule has 0 aromatic carbocycles. The summed E-state index contributed by atoms with van der Waals surface area (Å²) in [4.78, 5) is 0. The SMILES string of the molecule is C.C.CCCC[Si](C)(C)O[Si](C)(C)O[Si](C)(C)CCCOCCO. The van der Waals surface area contributed by atoms with E-state index >= 15 is 0 Å². The lowest BCUT2D eigenvalue weighted by atomic mass is 10.4. The number of aliphatic hydroxyl groups is 1. The lowest BCUT2D eigenvalue weighted by Gasteiger charge is -2.38. The van der Waals surface area contributed by atoms with Crippen LogP contribution in [0.1, 0.15) is 41.0 Å². The van der Waals surface area contributed by atoms with Crippen LogP contribution in [-0.2, 0) is 13.0 Å². The van der Waals surface area contributed by atoms with Crippen molar-refractivity contribution in [3.05, 3.63) is 0 Å². The van der Waals surface area contributed by atoms with Gasteiger partial charge in [0.25, 0.3) is 0 Å². The van der Waals surface area contributed by atoms with Crippen LogP contribution in [0.2, 0.25) is 51.4 Å². The van der Waals surface area contributed by atoms with Crippen LogP contribution >= 0.6 is 0 Å². The second kappa shape index (κ2) is 13.7. The summed E-state index contributed by atoms with van der Waals surface area (Å²) in [6, 6.07) is 2.30. The minimum Gasteiger partial charge on any atom is -0.437 e. The Morgan fingerprint density at radius 1 is 0.750 bits per heavy atom. The van der Waals surface area contributed by atoms with Gasteiger partial charge in [-0.25, -0.2) is 0 Å². The molecule has 24 heavy (non-hydrogen) atoms. The van der Waals surface area contributed by atoms with Crippen molar-refractivity contribution >= 4 is 25.2 Å². The van der Waals surface area contributed by atoms with Gasteiger partial charge in [0.15, 0.2) is 16.6 Å². The first-order valence-corrected chi connectivity index (χ1v) is 17.7. The Hall–Kier alpha value is 0.491. The van der Waals surface area contributed by atoms with Crippen molar-refractivity contribution in [3.63, 3.8) is 0 Å². The fraction of sp³-hybridized carbons (Fsp3) is 1.00. The zero-order chi connectivity index (χ0) is 17.3. The van der Waals surface area contributed by atoms with Gasteiger partial charge in [0.1, 0.15) is 0 Å². The highest BCUT2D eigenvalue weighted by atomic mass is 28.5. The normalized spacial score (nSPS) is 12.5. The van der Waals surface area contributed by atoms with Crippen LogP contribution in [0.4, 0.5) is 0 Å². The highest BCUT2D eigenvalue weighted by Crippen LogP contribution is 2.26. The monoisotopic (exact) mass is 398 g/mol. The standard InChI is InChI=1S/C15H38O4Si3.2CH4/c1-8-9-14-20(2,3)18-22(6,7)19-21(4,5)15-10-12-17-13-11-16;;/h16H,8-15H2,1-7H3;2*1H4. The van der Waals surface area contributed by atoms with Crippen LogP contribution in [0.25, 0.3) is 0 Å². The highest BCUT2D eigenvalue weighted by molar-refractivity contribution is 6.87. The molecule has 7 heteroatoms. The predicted octanol–water partition coefficient (Wildman–Crippen LogP) is 5.60. The van der Waals surface area contributed by atoms with Crippen molar-refractivity contribution in [3.8, 4) is 0 Å². The van der Waals surface area contributed by atoms with Crippen LogP contribution in [0, 0.1) is 0 Å². The maximum atomic E-state index is 8.70. The Labute approximate surface area is 155 Å². The third-order valence-electron chi connectivity index (χ3n) is 3.48. The second-order valence-corrected chi connectivity index (χ2v) is 20.1. The van der Waals surface area contributed by atoms with Gasteiger partial charge in [0, 0.05) is 6.61 Å². The number of rotatable bonds is 13. The molecule has 0 heterocycles. The predicted molar refractivity (Wildman–Crippen MR) is 115 cm³/mol. The van der Waals surface area contributed by atoms with Gasteiger partial charge in [-0.05, 0) is 57.8 Å². The zero-order valence-corrected chi connectivity index (χ0v) is 18.8. The van der Waals surface area contributed by atoms with E-state index < -0.39 is 25.2 Å². The molecule has 4 nitrogen and oxygen atoms in total. The van der Waals surface area contributed by atoms with Gasteiger partial charge in [0.05, 0.1) is 13.2 Å². The van der Waals surface area contributed by atoms with Crippen LogP contribution in [0.15, 0.2) is 0 Å². The molecule has 0 unspecified atom stereocenters. The minimum absolute atomic E-state index is 0. The number of ether oxygens (including phenoxy) is 1. The summed E-state index contributed by atoms with van der Waals surface area (Å²) >= 11 is 0. The molecule has 0 aliphatic heterocycles. The molecular formula is C17H46O4Si3. The molecule has 0 saturated carbocycles. The van der Waals surface area contributed by atoms with E-state index in [1.165, 1.54) is 18.9 Å². The molecule has 0 spiro atoms. The van der Waals surface area contributed by atoms with Gasteiger partial charge in [-0.1, -0.05) is 34.6 Å². The topological polar surface area (TPSA) is 47.9 Å². The Bertz CT molecular complexity index is 298. The summed E-state index contributed by atoms with van der Waals surface area (Å²) in [5, 5.41) is 8.70. The van der Waals surface area contributed by atoms with E-state index in [2.05, 4.69) is 46.2 Å². The van der Waals surface area contributed by atoms with E-state index in [1.807, 2.05) is 0 Å². The van der Waals surface area contributed by atoms with Gasteiger partial charge < -0.3 is 18.1 Å². The fourth-order valence-electron chi connectivity index (χ4n) is 2.82. The molecule has 0 rings (SSSR count). The van der Waals surface area contributed by atoms with Crippen LogP contribution in [0.5, 0.6) is 0 Å². The van der Waals surface area contributed by atoms with E-state index in [9.17, 15) is 0 Å². The molecule has 0 aromatic heterocycles. The minimum atomic E-state index is -2.06. The summed E-state index contributed by atoms with van der Waals surface area (Å²) in [5.41, 5.74) is 0. The number of hydrogen-bond donors (Lipinski definition) is 1. The van der Waals surface area contributed by atoms with Crippen molar-refractivity contribution in [2.75, 3.05) is 19.8 Å². The Morgan fingerprint density at radius 3 is 1.62 bits per heavy atom. The van der Waals surface area contributed by atoms with Gasteiger partial charge in [-0.3, -0.25) is 0 Å². The average molecular weight is 399 g/mol. The van der Waals surface area contributed by atoms with E-state index in [1.54, 1.807) is 0 Å². The quantitative estimate of drug-likeness (QED) is 0.324. The third-order valence-corrected chi connectivity index (χ3v) is 14.9. The number of hydrogen-bond acceptors (Lipinski definition) is 4. The summed E-state index contributed by atoms with van der Waals surface area (Å²) in [7, 11) is -5.37. The zero-order valence-electron chi connectivity index (χ0n) is 15.8. The van der Waals surface area contributed by atoms with E-state index in [0.29, 0.717) is 13.2 Å². The first-order valence-electron chi connectivity index (χ1n) is 8.62. The fourth-order valence-corrected chi connectivity index (χ4v) is 17.0. The van der Waals surface area contributed by atoms with Crippen molar-refractivity contribution in [1.82, 2.24) is 0 Å². The average Bonchev–Trinajstić information content (AvgIpc) is 2.33. The third kappa shape index (κ3) is 16.0. The molecule has 0 saturated heterocycles. The smallest absolute Gasteiger partial charge is 0.311 e. The van der Waals surface area contributed by atoms with Gasteiger partial charge in [-0.2, -0.15) is 0 Å². The van der Waals surface area contributed by atoms with Crippen LogP contribution < -0.4 is 0 Å². The van der Waals surface area contributed by atoms with Crippen molar-refractivity contribution in [2.45, 2.75) is 92.4 Å². The molecular weight excluding hydrogens is 352 g/mol. The van der Waals surface area contributed by atoms with E-state index in [0.717, 1.165) is 12.5 Å². The molecule has 0 bridgehead atoms. The molecule has 0 amide bonds. The first-order chi connectivity index (χ1) is 10.0. The molecule has 0 fully saturated rings. The van der Waals surface area contributed by atoms with E-state index in [-0.39, 0.29) is 21.5 Å². The molecule has 0 radical (unpaired) electrons. The lowest BCUT2D eigenvalue weighted by molar-refractivity contribution is 0.0923. The Morgan fingerprint density at radius 2 is 1.21 bits per heavy atom.